The van der Waals surface area contributed by atoms with E-state index < -0.39 is 0 Å². The van der Waals surface area contributed by atoms with Crippen LogP contribution in [0.3, 0.4) is 0 Å². The number of hydrogen-bond acceptors (Lipinski definition) is 3. The number of benzene rings is 1. The summed E-state index contributed by atoms with van der Waals surface area (Å²) in [5.41, 5.74) is 1.99. The molecular weight excluding hydrogens is 236 g/mol. The van der Waals surface area contributed by atoms with Gasteiger partial charge in [-0.3, -0.25) is 4.98 Å². The first-order valence-electron chi connectivity index (χ1n) is 6.32. The predicted molar refractivity (Wildman–Crippen MR) is 75.8 cm³/mol. The fourth-order valence-corrected chi connectivity index (χ4v) is 2.20. The third-order valence-electron chi connectivity index (χ3n) is 3.16. The molecule has 4 nitrogen and oxygen atoms in total. The molecular formula is C15H16N4. The topological polar surface area (TPSA) is 43.6 Å². The summed E-state index contributed by atoms with van der Waals surface area (Å²) < 4.78 is 2.09. The maximum absolute atomic E-state index is 4.39. The summed E-state index contributed by atoms with van der Waals surface area (Å²) in [4.78, 5) is 4.39. The van der Waals surface area contributed by atoms with Gasteiger partial charge in [-0.1, -0.05) is 18.2 Å². The monoisotopic (exact) mass is 252 g/mol. The van der Waals surface area contributed by atoms with Crippen molar-refractivity contribution in [1.29, 1.82) is 0 Å². The molecule has 0 saturated carbocycles. The Bertz CT molecular complexity index is 717. The SMILES string of the molecule is CC(C)(C)n1cnnc1-c1ccnc2ccccc12. The molecule has 3 aromatic rings. The fraction of sp³-hybridized carbons (Fsp3) is 0.267. The summed E-state index contributed by atoms with van der Waals surface area (Å²) in [6.07, 6.45) is 3.60. The van der Waals surface area contributed by atoms with Gasteiger partial charge in [-0.05, 0) is 32.9 Å². The minimum absolute atomic E-state index is 0.0524. The lowest BCUT2D eigenvalue weighted by Gasteiger charge is -2.22. The maximum atomic E-state index is 4.39. The van der Waals surface area contributed by atoms with Crippen LogP contribution in [0, 0.1) is 0 Å². The zero-order chi connectivity index (χ0) is 13.5. The van der Waals surface area contributed by atoms with E-state index in [1.165, 1.54) is 0 Å². The average Bonchev–Trinajstić information content (AvgIpc) is 2.87. The molecule has 96 valence electrons. The number of pyridine rings is 1. The zero-order valence-corrected chi connectivity index (χ0v) is 11.3. The molecule has 4 heteroatoms. The van der Waals surface area contributed by atoms with Gasteiger partial charge >= 0.3 is 0 Å². The van der Waals surface area contributed by atoms with Crippen LogP contribution in [0.25, 0.3) is 22.3 Å². The third kappa shape index (κ3) is 1.99. The molecule has 0 N–H and O–H groups in total. The molecule has 0 aliphatic heterocycles. The standard InChI is InChI=1S/C15H16N4/c1-15(2,3)19-10-17-18-14(19)12-8-9-16-13-7-5-4-6-11(12)13/h4-10H,1-3H3. The van der Waals surface area contributed by atoms with E-state index >= 15 is 0 Å². The van der Waals surface area contributed by atoms with Gasteiger partial charge in [0.1, 0.15) is 6.33 Å². The van der Waals surface area contributed by atoms with E-state index in [4.69, 9.17) is 0 Å². The Kier molecular flexibility index (Phi) is 2.59. The highest BCUT2D eigenvalue weighted by atomic mass is 15.3. The highest BCUT2D eigenvalue weighted by molar-refractivity contribution is 5.92. The molecule has 0 aliphatic carbocycles. The Balaban J connectivity index is 2.29. The largest absolute Gasteiger partial charge is 0.308 e. The van der Waals surface area contributed by atoms with Gasteiger partial charge in [-0.25, -0.2) is 0 Å². The Morgan fingerprint density at radius 1 is 1.05 bits per heavy atom. The van der Waals surface area contributed by atoms with Crippen LogP contribution in [-0.4, -0.2) is 19.7 Å². The summed E-state index contributed by atoms with van der Waals surface area (Å²) in [6, 6.07) is 10.1. The summed E-state index contributed by atoms with van der Waals surface area (Å²) in [7, 11) is 0. The van der Waals surface area contributed by atoms with E-state index in [0.717, 1.165) is 22.3 Å². The Morgan fingerprint density at radius 3 is 2.63 bits per heavy atom. The number of para-hydroxylation sites is 1. The van der Waals surface area contributed by atoms with Crippen molar-refractivity contribution in [1.82, 2.24) is 19.7 Å². The third-order valence-corrected chi connectivity index (χ3v) is 3.16. The second kappa shape index (κ2) is 4.16. The molecule has 0 unspecified atom stereocenters. The second-order valence-electron chi connectivity index (χ2n) is 5.57. The summed E-state index contributed by atoms with van der Waals surface area (Å²) in [6.45, 7) is 6.43. The quantitative estimate of drug-likeness (QED) is 0.667. The van der Waals surface area contributed by atoms with Crippen LogP contribution in [-0.2, 0) is 5.54 Å². The Morgan fingerprint density at radius 2 is 1.84 bits per heavy atom. The number of nitrogens with zero attached hydrogens (tertiary/aromatic N) is 4. The van der Waals surface area contributed by atoms with Gasteiger partial charge < -0.3 is 4.57 Å². The molecule has 2 heterocycles. The highest BCUT2D eigenvalue weighted by Crippen LogP contribution is 2.28. The van der Waals surface area contributed by atoms with Crippen molar-refractivity contribution in [2.45, 2.75) is 26.3 Å². The second-order valence-corrected chi connectivity index (χ2v) is 5.57. The van der Waals surface area contributed by atoms with Crippen molar-refractivity contribution < 1.29 is 0 Å². The van der Waals surface area contributed by atoms with Gasteiger partial charge in [-0.2, -0.15) is 0 Å². The van der Waals surface area contributed by atoms with Gasteiger partial charge in [0.25, 0.3) is 0 Å². The first-order valence-corrected chi connectivity index (χ1v) is 6.32. The van der Waals surface area contributed by atoms with Crippen LogP contribution in [0.4, 0.5) is 0 Å². The van der Waals surface area contributed by atoms with Gasteiger partial charge in [0.05, 0.1) is 5.52 Å². The Labute approximate surface area is 112 Å². The Hall–Kier alpha value is -2.23. The van der Waals surface area contributed by atoms with E-state index in [-0.39, 0.29) is 5.54 Å². The lowest BCUT2D eigenvalue weighted by Crippen LogP contribution is -2.21. The van der Waals surface area contributed by atoms with Gasteiger partial charge in [0.15, 0.2) is 5.82 Å². The zero-order valence-electron chi connectivity index (χ0n) is 11.3. The summed E-state index contributed by atoms with van der Waals surface area (Å²) in [5.74, 6) is 0.881. The van der Waals surface area contributed by atoms with E-state index in [9.17, 15) is 0 Å². The molecule has 0 radical (unpaired) electrons. The van der Waals surface area contributed by atoms with E-state index in [1.807, 2.05) is 30.5 Å². The molecule has 2 aromatic heterocycles. The normalized spacial score (nSPS) is 11.9. The molecule has 0 fully saturated rings. The van der Waals surface area contributed by atoms with Crippen LogP contribution >= 0.6 is 0 Å². The molecule has 0 saturated heterocycles. The smallest absolute Gasteiger partial charge is 0.164 e. The lowest BCUT2D eigenvalue weighted by molar-refractivity contribution is 0.400. The molecule has 1 aromatic carbocycles. The molecule has 0 amide bonds. The number of rotatable bonds is 1. The molecule has 19 heavy (non-hydrogen) atoms. The van der Waals surface area contributed by atoms with Crippen LogP contribution in [0.1, 0.15) is 20.8 Å². The average molecular weight is 252 g/mol. The summed E-state index contributed by atoms with van der Waals surface area (Å²) >= 11 is 0. The first-order chi connectivity index (χ1) is 9.07. The van der Waals surface area contributed by atoms with E-state index in [2.05, 4.69) is 46.6 Å². The molecule has 3 rings (SSSR count). The number of fused-ring (bicyclic) bond motifs is 1. The number of hydrogen-bond donors (Lipinski definition) is 0. The lowest BCUT2D eigenvalue weighted by atomic mass is 10.1. The summed E-state index contributed by atoms with van der Waals surface area (Å²) in [5, 5.41) is 9.45. The van der Waals surface area contributed by atoms with Crippen LogP contribution in [0.15, 0.2) is 42.9 Å². The predicted octanol–water partition coefficient (Wildman–Crippen LogP) is 3.25. The van der Waals surface area contributed by atoms with Gasteiger partial charge in [0.2, 0.25) is 0 Å². The van der Waals surface area contributed by atoms with Crippen molar-refractivity contribution in [3.63, 3.8) is 0 Å². The van der Waals surface area contributed by atoms with Gasteiger partial charge in [-0.15, -0.1) is 10.2 Å². The first kappa shape index (κ1) is 11.8. The van der Waals surface area contributed by atoms with Gasteiger partial charge in [0, 0.05) is 22.7 Å². The fourth-order valence-electron chi connectivity index (χ4n) is 2.20. The molecule has 0 spiro atoms. The van der Waals surface area contributed by atoms with Crippen LogP contribution in [0.2, 0.25) is 0 Å². The molecule has 0 atom stereocenters. The number of aromatic nitrogens is 4. The molecule has 0 bridgehead atoms. The minimum Gasteiger partial charge on any atom is -0.308 e. The van der Waals surface area contributed by atoms with Crippen LogP contribution < -0.4 is 0 Å². The van der Waals surface area contributed by atoms with Crippen molar-refractivity contribution in [3.05, 3.63) is 42.9 Å². The van der Waals surface area contributed by atoms with E-state index in [0.29, 0.717) is 0 Å². The van der Waals surface area contributed by atoms with Crippen molar-refractivity contribution in [3.8, 4) is 11.4 Å². The van der Waals surface area contributed by atoms with Crippen molar-refractivity contribution >= 4 is 10.9 Å². The van der Waals surface area contributed by atoms with Crippen molar-refractivity contribution in [2.24, 2.45) is 0 Å². The van der Waals surface area contributed by atoms with Crippen LogP contribution in [0.5, 0.6) is 0 Å². The minimum atomic E-state index is -0.0524. The van der Waals surface area contributed by atoms with E-state index in [1.54, 1.807) is 6.33 Å². The maximum Gasteiger partial charge on any atom is 0.164 e. The van der Waals surface area contributed by atoms with Crippen molar-refractivity contribution in [2.75, 3.05) is 0 Å². The molecule has 0 aliphatic rings. The highest BCUT2D eigenvalue weighted by Gasteiger charge is 2.19.